The molecule has 0 aromatic rings. The molecule has 10 nitrogen and oxygen atoms in total. The molecule has 0 aromatic heterocycles. The van der Waals surface area contributed by atoms with E-state index in [-0.39, 0.29) is 42.8 Å². The Bertz CT molecular complexity index is 331. The molecule has 2 unspecified atom stereocenters. The van der Waals surface area contributed by atoms with Crippen LogP contribution in [0.2, 0.25) is 0 Å². The smallest absolute Gasteiger partial charge is 0.665 e. The molecule has 0 fully saturated rings. The van der Waals surface area contributed by atoms with Crippen LogP contribution in [0.4, 0.5) is 0 Å². The van der Waals surface area contributed by atoms with E-state index in [9.17, 15) is 19.2 Å². The predicted octanol–water partition coefficient (Wildman–Crippen LogP) is -0.488. The van der Waals surface area contributed by atoms with Crippen molar-refractivity contribution in [1.82, 2.24) is 0 Å². The van der Waals surface area contributed by atoms with Gasteiger partial charge in [0.1, 0.15) is 0 Å². The number of nitrogens with two attached hydrogens (primary N) is 2. The fourth-order valence-corrected chi connectivity index (χ4v) is 0.820. The Balaban J connectivity index is -0.000000295. The minimum Gasteiger partial charge on any atom is -0.665 e. The van der Waals surface area contributed by atoms with Crippen molar-refractivity contribution >= 4 is 23.8 Å². The van der Waals surface area contributed by atoms with E-state index >= 15 is 0 Å². The van der Waals surface area contributed by atoms with Crippen LogP contribution in [0.1, 0.15) is 25.7 Å². The summed E-state index contributed by atoms with van der Waals surface area (Å²) in [5.74, 6) is -3.58. The minimum atomic E-state index is -1.23. The fourth-order valence-electron chi connectivity index (χ4n) is 0.820. The molecule has 0 heterocycles. The number of carboxylic acids is 2. The van der Waals surface area contributed by atoms with Crippen LogP contribution in [-0.4, -0.2) is 46.0 Å². The van der Waals surface area contributed by atoms with Crippen LogP contribution in [0.3, 0.4) is 0 Å². The number of rotatable bonds is 8. The number of carbonyl (C=O) groups is 4. The summed E-state index contributed by atoms with van der Waals surface area (Å²) in [6.07, 6.45) is -0.101. The van der Waals surface area contributed by atoms with Crippen LogP contribution >= 0.6 is 0 Å². The summed E-state index contributed by atoms with van der Waals surface area (Å²) in [6, 6.07) is -2.46. The molecule has 2 amide bonds. The van der Waals surface area contributed by atoms with Gasteiger partial charge < -0.3 is 33.1 Å². The molecular formula is C10H18CuN4O6. The van der Waals surface area contributed by atoms with Crippen molar-refractivity contribution in [3.63, 3.8) is 0 Å². The summed E-state index contributed by atoms with van der Waals surface area (Å²) in [5, 5.41) is 16.3. The van der Waals surface area contributed by atoms with Gasteiger partial charge in [-0.2, -0.15) is 0 Å². The van der Waals surface area contributed by atoms with Crippen LogP contribution in [0.25, 0.3) is 11.5 Å². The molecule has 0 bridgehead atoms. The Morgan fingerprint density at radius 1 is 0.810 bits per heavy atom. The van der Waals surface area contributed by atoms with Gasteiger partial charge in [0, 0.05) is 12.8 Å². The number of nitrogens with one attached hydrogen (secondary N) is 2. The molecule has 0 saturated carbocycles. The SMILES string of the molecule is [Cu+2].[NH-]C(CCC(N)=O)C(=O)O.[NH-]C(CCC(N)=O)C(=O)O. The summed E-state index contributed by atoms with van der Waals surface area (Å²) in [4.78, 5) is 40.1. The van der Waals surface area contributed by atoms with Gasteiger partial charge in [0.05, 0.1) is 0 Å². The third-order valence-corrected chi connectivity index (χ3v) is 1.96. The Morgan fingerprint density at radius 3 is 1.19 bits per heavy atom. The average molecular weight is 354 g/mol. The molecule has 0 spiro atoms. The van der Waals surface area contributed by atoms with Gasteiger partial charge in [-0.25, -0.2) is 0 Å². The molecule has 1 radical (unpaired) electrons. The molecule has 0 aliphatic rings. The Morgan fingerprint density at radius 2 is 1.05 bits per heavy atom. The van der Waals surface area contributed by atoms with Crippen molar-refractivity contribution in [3.8, 4) is 0 Å². The number of carboxylic acid groups (broad SMARTS) is 2. The molecular weight excluding hydrogens is 336 g/mol. The number of hydrogen-bond acceptors (Lipinski definition) is 4. The number of primary amides is 2. The van der Waals surface area contributed by atoms with Gasteiger partial charge in [-0.1, -0.05) is 12.8 Å². The first kappa shape index (κ1) is 24.3. The number of hydrogen-bond donors (Lipinski definition) is 4. The minimum absolute atomic E-state index is 0. The zero-order valence-electron chi connectivity index (χ0n) is 11.0. The van der Waals surface area contributed by atoms with Crippen molar-refractivity contribution in [2.75, 3.05) is 0 Å². The maximum atomic E-state index is 10.1. The first-order valence-electron chi connectivity index (χ1n) is 5.52. The summed E-state index contributed by atoms with van der Waals surface area (Å²) in [7, 11) is 0. The third-order valence-electron chi connectivity index (χ3n) is 1.96. The van der Waals surface area contributed by atoms with Gasteiger partial charge in [-0.3, -0.25) is 19.2 Å². The van der Waals surface area contributed by atoms with Gasteiger partial charge in [0.15, 0.2) is 0 Å². The molecule has 125 valence electrons. The Hall–Kier alpha value is -1.68. The van der Waals surface area contributed by atoms with Crippen LogP contribution in [0, 0.1) is 0 Å². The number of amides is 2. The number of carbonyl (C=O) groups excluding carboxylic acids is 2. The molecule has 0 aliphatic carbocycles. The summed E-state index contributed by atoms with van der Waals surface area (Å²) in [6.45, 7) is 0. The number of aliphatic carboxylic acids is 2. The first-order valence-corrected chi connectivity index (χ1v) is 5.52. The van der Waals surface area contributed by atoms with Crippen molar-refractivity contribution in [2.45, 2.75) is 37.8 Å². The van der Waals surface area contributed by atoms with Crippen LogP contribution in [0.15, 0.2) is 0 Å². The standard InChI is InChI=1S/2C5H9N2O3.Cu/c2*6-3(5(9)10)1-2-4(7)8;/h2*3,6H,1-2H2,(H2,7,8)(H,9,10);/q2*-1;+2. The zero-order valence-corrected chi connectivity index (χ0v) is 11.9. The van der Waals surface area contributed by atoms with Crippen LogP contribution in [-0.2, 0) is 36.2 Å². The first-order chi connectivity index (χ1) is 9.07. The predicted molar refractivity (Wildman–Crippen MR) is 68.3 cm³/mol. The van der Waals surface area contributed by atoms with Gasteiger partial charge in [-0.15, -0.1) is 0 Å². The van der Waals surface area contributed by atoms with Crippen molar-refractivity contribution in [3.05, 3.63) is 11.5 Å². The molecule has 0 aromatic carbocycles. The molecule has 21 heavy (non-hydrogen) atoms. The topological polar surface area (TPSA) is 208 Å². The average Bonchev–Trinajstić information content (AvgIpc) is 2.33. The molecule has 11 heteroatoms. The van der Waals surface area contributed by atoms with Gasteiger partial charge in [0.2, 0.25) is 11.8 Å². The molecule has 2 atom stereocenters. The van der Waals surface area contributed by atoms with E-state index in [1.54, 1.807) is 0 Å². The maximum Gasteiger partial charge on any atom is 2.00 e. The molecule has 0 saturated heterocycles. The Labute approximate surface area is 131 Å². The summed E-state index contributed by atoms with van der Waals surface area (Å²) >= 11 is 0. The van der Waals surface area contributed by atoms with Gasteiger partial charge in [-0.05, 0) is 12.1 Å². The quantitative estimate of drug-likeness (QED) is 0.422. The van der Waals surface area contributed by atoms with E-state index in [0.717, 1.165) is 0 Å². The van der Waals surface area contributed by atoms with Crippen molar-refractivity contribution < 1.29 is 46.5 Å². The van der Waals surface area contributed by atoms with Gasteiger partial charge in [0.25, 0.3) is 11.9 Å². The van der Waals surface area contributed by atoms with E-state index < -0.39 is 35.8 Å². The monoisotopic (exact) mass is 353 g/mol. The second kappa shape index (κ2) is 13.3. The van der Waals surface area contributed by atoms with E-state index in [1.807, 2.05) is 0 Å². The van der Waals surface area contributed by atoms with E-state index in [4.69, 9.17) is 33.1 Å². The zero-order chi connectivity index (χ0) is 16.3. The largest absolute Gasteiger partial charge is 2.00 e. The van der Waals surface area contributed by atoms with Crippen LogP contribution in [0.5, 0.6) is 0 Å². The van der Waals surface area contributed by atoms with Crippen molar-refractivity contribution in [1.29, 1.82) is 0 Å². The second-order valence-corrected chi connectivity index (χ2v) is 3.79. The maximum absolute atomic E-state index is 10.1. The normalized spacial score (nSPS) is 11.9. The summed E-state index contributed by atoms with van der Waals surface area (Å²) < 4.78 is 0. The third kappa shape index (κ3) is 18.3. The Kier molecular flexibility index (Phi) is 15.4. The fraction of sp³-hybridized carbons (Fsp3) is 0.600. The molecule has 0 aliphatic heterocycles. The van der Waals surface area contributed by atoms with E-state index in [0.29, 0.717) is 0 Å². The van der Waals surface area contributed by atoms with Crippen molar-refractivity contribution in [2.24, 2.45) is 11.5 Å². The van der Waals surface area contributed by atoms with E-state index in [2.05, 4.69) is 0 Å². The molecule has 0 rings (SSSR count). The van der Waals surface area contributed by atoms with Crippen LogP contribution < -0.4 is 11.5 Å². The molecule has 8 N–H and O–H groups in total. The van der Waals surface area contributed by atoms with E-state index in [1.165, 1.54) is 0 Å². The second-order valence-electron chi connectivity index (χ2n) is 3.79. The van der Waals surface area contributed by atoms with Gasteiger partial charge >= 0.3 is 17.1 Å². The summed E-state index contributed by atoms with van der Waals surface area (Å²) in [5.41, 5.74) is 23.1.